The lowest BCUT2D eigenvalue weighted by atomic mass is 9.83. The van der Waals surface area contributed by atoms with E-state index in [1.807, 2.05) is 23.1 Å². The van der Waals surface area contributed by atoms with Crippen LogP contribution in [0.4, 0.5) is 5.82 Å². The number of aromatic nitrogens is 3. The standard InChI is InChI=1S/C21H27N5O3/c27-21(16-3-1-4-16)26-9-7-15(8-10-26)19-23-20(29-24-19)17-5-2-6-18(22-17)25-11-13-28-14-12-25/h2,5-6,15-16H,1,3-4,7-14H2. The summed E-state index contributed by atoms with van der Waals surface area (Å²) in [5, 5.41) is 4.23. The third-order valence-electron chi connectivity index (χ3n) is 6.36. The van der Waals surface area contributed by atoms with Crippen molar-refractivity contribution >= 4 is 11.7 Å². The van der Waals surface area contributed by atoms with Gasteiger partial charge in [0.1, 0.15) is 11.5 Å². The molecule has 29 heavy (non-hydrogen) atoms. The first-order valence-corrected chi connectivity index (χ1v) is 10.7. The molecule has 0 aromatic carbocycles. The lowest BCUT2D eigenvalue weighted by Gasteiger charge is -2.35. The fourth-order valence-electron chi connectivity index (χ4n) is 4.29. The number of piperidine rings is 1. The topological polar surface area (TPSA) is 84.6 Å². The second-order valence-corrected chi connectivity index (χ2v) is 8.17. The lowest BCUT2D eigenvalue weighted by Crippen LogP contribution is -2.43. The summed E-state index contributed by atoms with van der Waals surface area (Å²) >= 11 is 0. The molecule has 1 amide bonds. The molecule has 0 bridgehead atoms. The van der Waals surface area contributed by atoms with E-state index in [4.69, 9.17) is 14.2 Å². The summed E-state index contributed by atoms with van der Waals surface area (Å²) in [7, 11) is 0. The number of hydrogen-bond acceptors (Lipinski definition) is 7. The highest BCUT2D eigenvalue weighted by atomic mass is 16.5. The number of carbonyl (C=O) groups is 1. The van der Waals surface area contributed by atoms with Crippen LogP contribution in [0, 0.1) is 5.92 Å². The molecule has 5 rings (SSSR count). The van der Waals surface area contributed by atoms with Crippen molar-refractivity contribution < 1.29 is 14.1 Å². The highest BCUT2D eigenvalue weighted by molar-refractivity contribution is 5.79. The molecule has 0 unspecified atom stereocenters. The van der Waals surface area contributed by atoms with E-state index < -0.39 is 0 Å². The molecule has 3 fully saturated rings. The van der Waals surface area contributed by atoms with Crippen LogP contribution in [0.5, 0.6) is 0 Å². The van der Waals surface area contributed by atoms with E-state index in [-0.39, 0.29) is 11.8 Å². The van der Waals surface area contributed by atoms with Crippen LogP contribution in [-0.4, -0.2) is 65.3 Å². The summed E-state index contributed by atoms with van der Waals surface area (Å²) in [5.74, 6) is 2.95. The molecule has 0 N–H and O–H groups in total. The molecule has 8 nitrogen and oxygen atoms in total. The third-order valence-corrected chi connectivity index (χ3v) is 6.36. The van der Waals surface area contributed by atoms with Crippen LogP contribution >= 0.6 is 0 Å². The maximum atomic E-state index is 12.4. The first kappa shape index (κ1) is 18.5. The van der Waals surface area contributed by atoms with E-state index in [0.717, 1.165) is 76.7 Å². The average Bonchev–Trinajstić information content (AvgIpc) is 3.24. The van der Waals surface area contributed by atoms with E-state index in [1.54, 1.807) is 0 Å². The zero-order valence-electron chi connectivity index (χ0n) is 16.6. The number of morpholine rings is 1. The Balaban J connectivity index is 1.24. The Labute approximate surface area is 170 Å². The molecule has 0 radical (unpaired) electrons. The Bertz CT molecular complexity index is 852. The summed E-state index contributed by atoms with van der Waals surface area (Å²) < 4.78 is 11.0. The molecule has 2 aromatic rings. The van der Waals surface area contributed by atoms with Gasteiger partial charge in [0.25, 0.3) is 5.89 Å². The van der Waals surface area contributed by atoms with Gasteiger partial charge in [-0.05, 0) is 37.8 Å². The second kappa shape index (κ2) is 8.10. The zero-order valence-corrected chi connectivity index (χ0v) is 16.6. The van der Waals surface area contributed by atoms with Gasteiger partial charge in [0, 0.05) is 38.0 Å². The van der Waals surface area contributed by atoms with Gasteiger partial charge in [0.2, 0.25) is 5.91 Å². The van der Waals surface area contributed by atoms with Crippen LogP contribution in [0.15, 0.2) is 22.7 Å². The van der Waals surface area contributed by atoms with E-state index in [2.05, 4.69) is 15.0 Å². The molecule has 0 spiro atoms. The molecular formula is C21H27N5O3. The van der Waals surface area contributed by atoms with Crippen LogP contribution in [0.1, 0.15) is 43.8 Å². The zero-order chi connectivity index (χ0) is 19.6. The van der Waals surface area contributed by atoms with Crippen molar-refractivity contribution in [2.24, 2.45) is 5.92 Å². The fourth-order valence-corrected chi connectivity index (χ4v) is 4.29. The molecule has 2 aromatic heterocycles. The molecule has 154 valence electrons. The quantitative estimate of drug-likeness (QED) is 0.783. The number of likely N-dealkylation sites (tertiary alicyclic amines) is 1. The number of rotatable bonds is 4. The normalized spacial score (nSPS) is 21.2. The third kappa shape index (κ3) is 3.85. The predicted octanol–water partition coefficient (Wildman–Crippen LogP) is 2.47. The lowest BCUT2D eigenvalue weighted by molar-refractivity contribution is -0.139. The minimum Gasteiger partial charge on any atom is -0.378 e. The van der Waals surface area contributed by atoms with Gasteiger partial charge in [-0.1, -0.05) is 17.6 Å². The van der Waals surface area contributed by atoms with Gasteiger partial charge < -0.3 is 19.1 Å². The minimum absolute atomic E-state index is 0.236. The van der Waals surface area contributed by atoms with Crippen molar-refractivity contribution in [2.45, 2.75) is 38.0 Å². The Morgan fingerprint density at radius 2 is 1.79 bits per heavy atom. The van der Waals surface area contributed by atoms with E-state index in [9.17, 15) is 4.79 Å². The van der Waals surface area contributed by atoms with Crippen molar-refractivity contribution in [1.29, 1.82) is 0 Å². The average molecular weight is 397 g/mol. The number of ether oxygens (including phenoxy) is 1. The summed E-state index contributed by atoms with van der Waals surface area (Å²) in [6.45, 7) is 4.69. The summed E-state index contributed by atoms with van der Waals surface area (Å²) in [6.07, 6.45) is 5.09. The maximum Gasteiger partial charge on any atom is 0.276 e. The van der Waals surface area contributed by atoms with Crippen molar-refractivity contribution in [2.75, 3.05) is 44.3 Å². The Hall–Kier alpha value is -2.48. The summed E-state index contributed by atoms with van der Waals surface area (Å²) in [5.41, 5.74) is 0.699. The van der Waals surface area contributed by atoms with Gasteiger partial charge in [-0.15, -0.1) is 0 Å². The molecule has 0 atom stereocenters. The number of amides is 1. The van der Waals surface area contributed by atoms with Crippen molar-refractivity contribution in [3.63, 3.8) is 0 Å². The summed E-state index contributed by atoms with van der Waals surface area (Å²) in [4.78, 5) is 26.0. The molecule has 4 heterocycles. The van der Waals surface area contributed by atoms with Gasteiger partial charge in [0.05, 0.1) is 13.2 Å². The Morgan fingerprint density at radius 1 is 1.00 bits per heavy atom. The summed E-state index contributed by atoms with van der Waals surface area (Å²) in [6, 6.07) is 5.88. The fraction of sp³-hybridized carbons (Fsp3) is 0.619. The number of pyridine rings is 1. The van der Waals surface area contributed by atoms with Gasteiger partial charge in [-0.3, -0.25) is 4.79 Å². The molecule has 3 aliphatic rings. The molecule has 2 aliphatic heterocycles. The Kier molecular flexibility index (Phi) is 5.18. The number of nitrogens with zero attached hydrogens (tertiary/aromatic N) is 5. The first-order valence-electron chi connectivity index (χ1n) is 10.7. The van der Waals surface area contributed by atoms with Gasteiger partial charge >= 0.3 is 0 Å². The van der Waals surface area contributed by atoms with Crippen LogP contribution < -0.4 is 4.90 Å². The van der Waals surface area contributed by atoms with Gasteiger partial charge in [-0.2, -0.15) is 4.98 Å². The molecule has 8 heteroatoms. The van der Waals surface area contributed by atoms with E-state index in [0.29, 0.717) is 17.5 Å². The van der Waals surface area contributed by atoms with Crippen LogP contribution in [0.3, 0.4) is 0 Å². The molecule has 1 aliphatic carbocycles. The Morgan fingerprint density at radius 3 is 2.52 bits per heavy atom. The highest BCUT2D eigenvalue weighted by Crippen LogP contribution is 2.32. The minimum atomic E-state index is 0.236. The van der Waals surface area contributed by atoms with E-state index >= 15 is 0 Å². The number of carbonyl (C=O) groups excluding carboxylic acids is 1. The molecule has 1 saturated carbocycles. The molecule has 2 saturated heterocycles. The maximum absolute atomic E-state index is 12.4. The van der Waals surface area contributed by atoms with Crippen LogP contribution in [0.2, 0.25) is 0 Å². The largest absolute Gasteiger partial charge is 0.378 e. The highest BCUT2D eigenvalue weighted by Gasteiger charge is 2.33. The van der Waals surface area contributed by atoms with E-state index in [1.165, 1.54) is 6.42 Å². The number of anilines is 1. The smallest absolute Gasteiger partial charge is 0.276 e. The van der Waals surface area contributed by atoms with Crippen molar-refractivity contribution in [3.05, 3.63) is 24.0 Å². The van der Waals surface area contributed by atoms with Gasteiger partial charge in [-0.25, -0.2) is 4.98 Å². The van der Waals surface area contributed by atoms with Crippen molar-refractivity contribution in [1.82, 2.24) is 20.0 Å². The van der Waals surface area contributed by atoms with Crippen LogP contribution in [-0.2, 0) is 9.53 Å². The number of hydrogen-bond donors (Lipinski definition) is 0. The predicted molar refractivity (Wildman–Crippen MR) is 106 cm³/mol. The SMILES string of the molecule is O=C(C1CCC1)N1CCC(c2noc(-c3cccc(N4CCOCC4)n3)n2)CC1. The molecular weight excluding hydrogens is 370 g/mol. The second-order valence-electron chi connectivity index (χ2n) is 8.17. The van der Waals surface area contributed by atoms with Crippen molar-refractivity contribution in [3.8, 4) is 11.6 Å². The van der Waals surface area contributed by atoms with Gasteiger partial charge in [0.15, 0.2) is 5.82 Å². The first-order chi connectivity index (χ1) is 14.3. The van der Waals surface area contributed by atoms with Crippen LogP contribution in [0.25, 0.3) is 11.6 Å². The monoisotopic (exact) mass is 397 g/mol.